The fourth-order valence-corrected chi connectivity index (χ4v) is 1.84. The molecule has 1 unspecified atom stereocenters. The van der Waals surface area contributed by atoms with Crippen LogP contribution in [0, 0.1) is 12.8 Å². The molecule has 0 saturated heterocycles. The quantitative estimate of drug-likeness (QED) is 0.442. The molecule has 0 bridgehead atoms. The Morgan fingerprint density at radius 2 is 2.11 bits per heavy atom. The molecule has 0 radical (unpaired) electrons. The Hall–Kier alpha value is -2.17. The lowest BCUT2D eigenvalue weighted by molar-refractivity contribution is -0.153. The Balaban J connectivity index is 2.33. The maximum absolute atomic E-state index is 12.1. The maximum Gasteiger partial charge on any atom is 0.375 e. The van der Waals surface area contributed by atoms with Gasteiger partial charge >= 0.3 is 5.97 Å². The van der Waals surface area contributed by atoms with Crippen LogP contribution < -0.4 is 4.74 Å². The zero-order valence-corrected chi connectivity index (χ0v) is 10.1. The number of esters is 1. The summed E-state index contributed by atoms with van der Waals surface area (Å²) in [6, 6.07) is 5.14. The fraction of sp³-hybridized carbons (Fsp3) is 0.308. The van der Waals surface area contributed by atoms with Crippen molar-refractivity contribution < 1.29 is 23.9 Å². The predicted octanol–water partition coefficient (Wildman–Crippen LogP) is 0.928. The Kier molecular flexibility index (Phi) is 3.14. The van der Waals surface area contributed by atoms with Gasteiger partial charge in [-0.15, -0.1) is 0 Å². The van der Waals surface area contributed by atoms with Crippen molar-refractivity contribution in [2.75, 3.05) is 13.7 Å². The third kappa shape index (κ3) is 1.99. The summed E-state index contributed by atoms with van der Waals surface area (Å²) >= 11 is 0. The molecule has 1 aliphatic rings. The SMILES string of the molecule is COC(=O)C(=O)C1COc2ccc(C)cc2C1=O. The number of ketones is 2. The average molecular weight is 248 g/mol. The Labute approximate surface area is 104 Å². The topological polar surface area (TPSA) is 69.7 Å². The number of benzene rings is 1. The van der Waals surface area contributed by atoms with Gasteiger partial charge in [-0.05, 0) is 19.1 Å². The molecular weight excluding hydrogens is 236 g/mol. The molecule has 1 aromatic carbocycles. The van der Waals surface area contributed by atoms with Gasteiger partial charge in [-0.2, -0.15) is 0 Å². The summed E-state index contributed by atoms with van der Waals surface area (Å²) in [5, 5.41) is 0. The highest BCUT2D eigenvalue weighted by Gasteiger charge is 2.38. The predicted molar refractivity (Wildman–Crippen MR) is 61.5 cm³/mol. The monoisotopic (exact) mass is 248 g/mol. The Bertz CT molecular complexity index is 532. The van der Waals surface area contributed by atoms with Crippen molar-refractivity contribution in [1.29, 1.82) is 0 Å². The first-order valence-electron chi connectivity index (χ1n) is 5.44. The van der Waals surface area contributed by atoms with E-state index in [0.29, 0.717) is 11.3 Å². The summed E-state index contributed by atoms with van der Waals surface area (Å²) < 4.78 is 9.66. The molecule has 2 rings (SSSR count). The van der Waals surface area contributed by atoms with E-state index in [1.54, 1.807) is 12.1 Å². The summed E-state index contributed by atoms with van der Waals surface area (Å²) in [4.78, 5) is 34.9. The van der Waals surface area contributed by atoms with E-state index in [0.717, 1.165) is 12.7 Å². The second-order valence-corrected chi connectivity index (χ2v) is 4.08. The van der Waals surface area contributed by atoms with E-state index in [9.17, 15) is 14.4 Å². The molecule has 1 heterocycles. The lowest BCUT2D eigenvalue weighted by Gasteiger charge is -2.22. The molecule has 0 amide bonds. The first kappa shape index (κ1) is 12.3. The van der Waals surface area contributed by atoms with Crippen LogP contribution in [0.3, 0.4) is 0 Å². The molecule has 0 N–H and O–H groups in total. The van der Waals surface area contributed by atoms with Gasteiger partial charge in [0.15, 0.2) is 5.78 Å². The number of hydrogen-bond acceptors (Lipinski definition) is 5. The van der Waals surface area contributed by atoms with E-state index in [2.05, 4.69) is 4.74 Å². The van der Waals surface area contributed by atoms with Crippen molar-refractivity contribution in [1.82, 2.24) is 0 Å². The second kappa shape index (κ2) is 4.60. The van der Waals surface area contributed by atoms with Crippen molar-refractivity contribution in [3.05, 3.63) is 29.3 Å². The highest BCUT2D eigenvalue weighted by atomic mass is 16.5. The summed E-state index contributed by atoms with van der Waals surface area (Å²) in [5.74, 6) is -2.94. The molecule has 1 atom stereocenters. The van der Waals surface area contributed by atoms with Gasteiger partial charge in [0, 0.05) is 0 Å². The average Bonchev–Trinajstić information content (AvgIpc) is 2.38. The number of carbonyl (C=O) groups excluding carboxylic acids is 3. The molecule has 94 valence electrons. The summed E-state index contributed by atoms with van der Waals surface area (Å²) in [6.07, 6.45) is 0. The van der Waals surface area contributed by atoms with Crippen molar-refractivity contribution in [2.24, 2.45) is 5.92 Å². The number of ether oxygens (including phenoxy) is 2. The fourth-order valence-electron chi connectivity index (χ4n) is 1.84. The normalized spacial score (nSPS) is 17.7. The highest BCUT2D eigenvalue weighted by Crippen LogP contribution is 2.28. The zero-order valence-electron chi connectivity index (χ0n) is 10.1. The van der Waals surface area contributed by atoms with Gasteiger partial charge in [0.1, 0.15) is 18.3 Å². The van der Waals surface area contributed by atoms with Crippen molar-refractivity contribution in [2.45, 2.75) is 6.92 Å². The molecule has 0 fully saturated rings. The number of methoxy groups -OCH3 is 1. The van der Waals surface area contributed by atoms with E-state index in [4.69, 9.17) is 4.74 Å². The molecule has 0 aliphatic carbocycles. The van der Waals surface area contributed by atoms with Gasteiger partial charge in [0.05, 0.1) is 12.7 Å². The molecule has 0 saturated carbocycles. The van der Waals surface area contributed by atoms with Gasteiger partial charge in [0.2, 0.25) is 0 Å². The summed E-state index contributed by atoms with van der Waals surface area (Å²) in [6.45, 7) is 1.71. The third-order valence-electron chi connectivity index (χ3n) is 2.83. The first-order chi connectivity index (χ1) is 8.54. The van der Waals surface area contributed by atoms with Crippen LogP contribution in [0.15, 0.2) is 18.2 Å². The van der Waals surface area contributed by atoms with Crippen molar-refractivity contribution in [3.8, 4) is 5.75 Å². The summed E-state index contributed by atoms with van der Waals surface area (Å²) in [5.41, 5.74) is 1.22. The second-order valence-electron chi connectivity index (χ2n) is 4.08. The number of hydrogen-bond donors (Lipinski definition) is 0. The Morgan fingerprint density at radius 1 is 1.39 bits per heavy atom. The minimum atomic E-state index is -1.10. The first-order valence-corrected chi connectivity index (χ1v) is 5.44. The zero-order chi connectivity index (χ0) is 13.3. The lowest BCUT2D eigenvalue weighted by atomic mass is 9.91. The van der Waals surface area contributed by atoms with Gasteiger partial charge in [0.25, 0.3) is 5.78 Å². The number of rotatable bonds is 2. The smallest absolute Gasteiger partial charge is 0.375 e. The van der Waals surface area contributed by atoms with Crippen LogP contribution in [0.25, 0.3) is 0 Å². The lowest BCUT2D eigenvalue weighted by Crippen LogP contribution is -2.38. The molecule has 1 aliphatic heterocycles. The molecule has 0 spiro atoms. The van der Waals surface area contributed by atoms with E-state index in [1.165, 1.54) is 0 Å². The molecule has 0 aromatic heterocycles. The van der Waals surface area contributed by atoms with Gasteiger partial charge in [-0.3, -0.25) is 9.59 Å². The maximum atomic E-state index is 12.1. The minimum Gasteiger partial charge on any atom is -0.492 e. The van der Waals surface area contributed by atoms with Gasteiger partial charge in [-0.25, -0.2) is 4.79 Å². The number of Topliss-reactive ketones (excluding diaryl/α,β-unsaturated/α-hetero) is 2. The summed E-state index contributed by atoms with van der Waals surface area (Å²) in [7, 11) is 1.10. The van der Waals surface area contributed by atoms with Crippen molar-refractivity contribution >= 4 is 17.5 Å². The third-order valence-corrected chi connectivity index (χ3v) is 2.83. The number of fused-ring (bicyclic) bond motifs is 1. The van der Waals surface area contributed by atoms with Crippen LogP contribution in [-0.4, -0.2) is 31.3 Å². The van der Waals surface area contributed by atoms with Gasteiger partial charge in [-0.1, -0.05) is 11.6 Å². The van der Waals surface area contributed by atoms with Crippen LogP contribution in [0.4, 0.5) is 0 Å². The minimum absolute atomic E-state index is 0.122. The molecule has 1 aromatic rings. The largest absolute Gasteiger partial charge is 0.492 e. The molecule has 5 heteroatoms. The van der Waals surface area contributed by atoms with Crippen LogP contribution in [0.1, 0.15) is 15.9 Å². The van der Waals surface area contributed by atoms with Crippen LogP contribution >= 0.6 is 0 Å². The van der Waals surface area contributed by atoms with Crippen molar-refractivity contribution in [3.63, 3.8) is 0 Å². The standard InChI is InChI=1S/C13H12O5/c1-7-3-4-10-8(5-7)11(14)9(6-18-10)12(15)13(16)17-2/h3-5,9H,6H2,1-2H3. The molecule has 18 heavy (non-hydrogen) atoms. The van der Waals surface area contributed by atoms with Gasteiger partial charge < -0.3 is 9.47 Å². The van der Waals surface area contributed by atoms with E-state index >= 15 is 0 Å². The van der Waals surface area contributed by atoms with Crippen LogP contribution in [0.2, 0.25) is 0 Å². The van der Waals surface area contributed by atoms with E-state index in [1.807, 2.05) is 13.0 Å². The van der Waals surface area contributed by atoms with E-state index in [-0.39, 0.29) is 6.61 Å². The molecular formula is C13H12O5. The highest BCUT2D eigenvalue weighted by molar-refractivity contribution is 6.39. The molecule has 5 nitrogen and oxygen atoms in total. The van der Waals surface area contributed by atoms with Crippen LogP contribution in [0.5, 0.6) is 5.75 Å². The number of aryl methyl sites for hydroxylation is 1. The Morgan fingerprint density at radius 3 is 2.78 bits per heavy atom. The van der Waals surface area contributed by atoms with E-state index < -0.39 is 23.5 Å². The number of carbonyl (C=O) groups is 3. The van der Waals surface area contributed by atoms with Crippen LogP contribution in [-0.2, 0) is 14.3 Å².